The molecule has 0 fully saturated rings. The molecule has 1 heterocycles. The zero-order chi connectivity index (χ0) is 17.5. The monoisotopic (exact) mass is 280 g/mol. The Bertz CT molecular complexity index is 892. The summed E-state index contributed by atoms with van der Waals surface area (Å²) < 4.78 is 27.5. The average molecular weight is 280 g/mol. The number of aromatic nitrogens is 2. The maximum Gasteiger partial charge on any atom is 0.203 e. The molecule has 3 rings (SSSR count). The summed E-state index contributed by atoms with van der Waals surface area (Å²) in [7, 11) is 1.96. The number of rotatable bonds is 2. The lowest BCUT2D eigenvalue weighted by molar-refractivity contribution is -0.744. The van der Waals surface area contributed by atoms with E-state index in [0.29, 0.717) is 5.56 Å². The Morgan fingerprint density at radius 2 is 1.67 bits per heavy atom. The van der Waals surface area contributed by atoms with Crippen LogP contribution in [0.25, 0.3) is 16.8 Å². The van der Waals surface area contributed by atoms with E-state index in [9.17, 15) is 0 Å². The Labute approximate surface area is 130 Å². The summed E-state index contributed by atoms with van der Waals surface area (Å²) in [6.07, 6.45) is 3.98. The van der Waals surface area contributed by atoms with Gasteiger partial charge in [0.2, 0.25) is 6.20 Å². The van der Waals surface area contributed by atoms with Crippen molar-refractivity contribution in [1.29, 1.82) is 0 Å². The van der Waals surface area contributed by atoms with E-state index >= 15 is 0 Å². The van der Waals surface area contributed by atoms with Gasteiger partial charge in [0.1, 0.15) is 5.69 Å². The highest BCUT2D eigenvalue weighted by molar-refractivity contribution is 5.69. The molecule has 0 unspecified atom stereocenters. The fourth-order valence-corrected chi connectivity index (χ4v) is 2.76. The van der Waals surface area contributed by atoms with Crippen molar-refractivity contribution >= 4 is 0 Å². The van der Waals surface area contributed by atoms with Crippen LogP contribution in [-0.2, 0) is 7.05 Å². The Hall–Kier alpha value is -2.35. The molecule has 0 amide bonds. The molecule has 0 bridgehead atoms. The molecule has 1 aromatic heterocycles. The van der Waals surface area contributed by atoms with Crippen LogP contribution in [0.3, 0.4) is 0 Å². The van der Waals surface area contributed by atoms with Crippen LogP contribution in [0.5, 0.6) is 0 Å². The van der Waals surface area contributed by atoms with Gasteiger partial charge in [-0.15, -0.1) is 9.36 Å². The molecule has 0 radical (unpaired) electrons. The zero-order valence-corrected chi connectivity index (χ0v) is 12.6. The van der Waals surface area contributed by atoms with Crippen molar-refractivity contribution in [2.24, 2.45) is 7.05 Å². The van der Waals surface area contributed by atoms with Crippen LogP contribution in [-0.4, -0.2) is 4.68 Å². The Kier molecular flexibility index (Phi) is 2.58. The van der Waals surface area contributed by atoms with Crippen molar-refractivity contribution in [3.05, 3.63) is 71.5 Å². The summed E-state index contributed by atoms with van der Waals surface area (Å²) >= 11 is 0. The fraction of sp³-hybridized carbons (Fsp3) is 0.211. The zero-order valence-electron chi connectivity index (χ0n) is 15.6. The van der Waals surface area contributed by atoms with Crippen molar-refractivity contribution in [3.8, 4) is 16.8 Å². The summed E-state index contributed by atoms with van der Waals surface area (Å²) in [4.78, 5) is 0. The van der Waals surface area contributed by atoms with Crippen molar-refractivity contribution in [1.82, 2.24) is 4.68 Å². The first kappa shape index (κ1) is 10.4. The van der Waals surface area contributed by atoms with E-state index in [1.807, 2.05) is 53.9 Å². The Morgan fingerprint density at radius 1 is 0.952 bits per heavy atom. The number of nitrogens with zero attached hydrogens (tertiary/aromatic N) is 2. The second-order valence-corrected chi connectivity index (χ2v) is 5.42. The van der Waals surface area contributed by atoms with Gasteiger partial charge < -0.3 is 0 Å². The van der Waals surface area contributed by atoms with Gasteiger partial charge in [-0.3, -0.25) is 0 Å². The van der Waals surface area contributed by atoms with Crippen LogP contribution in [0, 0.1) is 20.7 Å². The molecule has 0 aliphatic rings. The first-order chi connectivity index (χ1) is 11.3. The molecular weight excluding hydrogens is 256 g/mol. The van der Waals surface area contributed by atoms with Crippen molar-refractivity contribution in [2.45, 2.75) is 20.7 Å². The third-order valence-electron chi connectivity index (χ3n) is 3.85. The van der Waals surface area contributed by atoms with E-state index in [4.69, 9.17) is 4.11 Å². The minimum atomic E-state index is -2.13. The Morgan fingerprint density at radius 3 is 2.43 bits per heavy atom. The summed E-state index contributed by atoms with van der Waals surface area (Å²) in [5.41, 5.74) is 5.30. The minimum Gasteiger partial charge on any atom is -0.128 e. The minimum absolute atomic E-state index is 0.394. The second-order valence-electron chi connectivity index (χ2n) is 5.42. The molecule has 0 N–H and O–H groups in total. The number of hydrogen-bond donors (Lipinski definition) is 0. The fourth-order valence-electron chi connectivity index (χ4n) is 2.76. The van der Waals surface area contributed by atoms with E-state index in [1.54, 1.807) is 12.1 Å². The number of para-hydroxylation sites is 1. The summed E-state index contributed by atoms with van der Waals surface area (Å²) in [5, 5.41) is 0. The lowest BCUT2D eigenvalue weighted by Gasteiger charge is -2.05. The van der Waals surface area contributed by atoms with Crippen LogP contribution < -0.4 is 4.68 Å². The maximum atomic E-state index is 7.84. The number of aryl methyl sites for hydroxylation is 4. The quantitative estimate of drug-likeness (QED) is 0.630. The summed E-state index contributed by atoms with van der Waals surface area (Å²) in [5.74, 6) is 0. The topological polar surface area (TPSA) is 8.81 Å². The maximum absolute atomic E-state index is 7.84. The van der Waals surface area contributed by atoms with Crippen LogP contribution in [0.2, 0.25) is 0 Å². The normalized spacial score (nSPS) is 13.6. The van der Waals surface area contributed by atoms with Gasteiger partial charge in [-0.25, -0.2) is 0 Å². The Balaban J connectivity index is 2.21. The molecule has 3 aromatic rings. The smallest absolute Gasteiger partial charge is 0.128 e. The molecule has 0 atom stereocenters. The molecule has 0 spiro atoms. The van der Waals surface area contributed by atoms with E-state index < -0.39 is 6.85 Å². The number of hydrogen-bond acceptors (Lipinski definition) is 0. The van der Waals surface area contributed by atoms with Gasteiger partial charge in [0, 0.05) is 4.11 Å². The largest absolute Gasteiger partial charge is 0.203 e. The van der Waals surface area contributed by atoms with Gasteiger partial charge in [-0.2, -0.15) is 0 Å². The third kappa shape index (κ3) is 2.38. The van der Waals surface area contributed by atoms with E-state index in [2.05, 4.69) is 19.1 Å². The molecule has 106 valence electrons. The molecule has 2 aromatic carbocycles. The predicted octanol–water partition coefficient (Wildman–Crippen LogP) is 3.89. The van der Waals surface area contributed by atoms with Crippen molar-refractivity contribution in [2.75, 3.05) is 0 Å². The standard InChI is InChI=1S/C19H21N2/c1-14-8-5-6-11-18(14)21-13-17(12-20(21)4)19-15(2)9-7-10-16(19)3/h5-13H,1-4H3/q+1/i2D3. The van der Waals surface area contributed by atoms with Crippen molar-refractivity contribution < 1.29 is 8.79 Å². The molecule has 0 saturated carbocycles. The molecule has 2 nitrogen and oxygen atoms in total. The second kappa shape index (κ2) is 5.21. The molecule has 0 aliphatic carbocycles. The third-order valence-corrected chi connectivity index (χ3v) is 3.85. The summed E-state index contributed by atoms with van der Waals surface area (Å²) in [6, 6.07) is 13.6. The van der Waals surface area contributed by atoms with Gasteiger partial charge in [0.15, 0.2) is 7.05 Å². The summed E-state index contributed by atoms with van der Waals surface area (Å²) in [6.45, 7) is 1.89. The van der Waals surface area contributed by atoms with Gasteiger partial charge in [0.05, 0.1) is 11.8 Å². The highest BCUT2D eigenvalue weighted by Gasteiger charge is 2.16. The molecular formula is C19H21N2+. The van der Waals surface area contributed by atoms with Gasteiger partial charge in [0.25, 0.3) is 0 Å². The number of benzene rings is 2. The van der Waals surface area contributed by atoms with Gasteiger partial charge in [-0.1, -0.05) is 36.4 Å². The van der Waals surface area contributed by atoms with E-state index in [0.717, 1.165) is 27.9 Å². The van der Waals surface area contributed by atoms with E-state index in [1.165, 1.54) is 0 Å². The predicted molar refractivity (Wildman–Crippen MR) is 86.6 cm³/mol. The average Bonchev–Trinajstić information content (AvgIpc) is 2.88. The SMILES string of the molecule is [2H]C([2H])([2H])c1cccc(C)c1-c1cn(-c2ccccc2C)[n+](C)c1. The van der Waals surface area contributed by atoms with E-state index in [-0.39, 0.29) is 0 Å². The molecule has 0 aliphatic heterocycles. The lowest BCUT2D eigenvalue weighted by atomic mass is 9.98. The highest BCUT2D eigenvalue weighted by Crippen LogP contribution is 2.27. The first-order valence-electron chi connectivity index (χ1n) is 8.54. The van der Waals surface area contributed by atoms with Gasteiger partial charge in [-0.05, 0) is 49.0 Å². The highest BCUT2D eigenvalue weighted by atomic mass is 15.4. The molecule has 21 heavy (non-hydrogen) atoms. The lowest BCUT2D eigenvalue weighted by Crippen LogP contribution is -2.36. The molecule has 2 heteroatoms. The van der Waals surface area contributed by atoms with Crippen LogP contribution in [0.15, 0.2) is 54.9 Å². The first-order valence-corrected chi connectivity index (χ1v) is 7.04. The molecule has 0 saturated heterocycles. The van der Waals surface area contributed by atoms with Crippen LogP contribution >= 0.6 is 0 Å². The van der Waals surface area contributed by atoms with Crippen LogP contribution in [0.4, 0.5) is 0 Å². The van der Waals surface area contributed by atoms with Gasteiger partial charge >= 0.3 is 0 Å². The van der Waals surface area contributed by atoms with Crippen molar-refractivity contribution in [3.63, 3.8) is 0 Å². The van der Waals surface area contributed by atoms with Crippen LogP contribution in [0.1, 0.15) is 20.8 Å².